The molecule has 0 saturated carbocycles. The molecule has 3 heterocycles. The Labute approximate surface area is 212 Å². The highest BCUT2D eigenvalue weighted by Crippen LogP contribution is 2.35. The van der Waals surface area contributed by atoms with E-state index in [9.17, 15) is 27.6 Å². The minimum Gasteiger partial charge on any atom is -0.369 e. The first-order chi connectivity index (χ1) is 17.7. The van der Waals surface area contributed by atoms with Gasteiger partial charge in [0.15, 0.2) is 0 Å². The lowest BCUT2D eigenvalue weighted by molar-refractivity contribution is -0.158. The van der Waals surface area contributed by atoms with Crippen LogP contribution in [0.2, 0.25) is 0 Å². The summed E-state index contributed by atoms with van der Waals surface area (Å²) in [6.07, 6.45) is -4.17. The van der Waals surface area contributed by atoms with Crippen LogP contribution < -0.4 is 20.9 Å². The first-order valence-electron chi connectivity index (χ1n) is 12.3. The molecule has 3 aliphatic rings. The smallest absolute Gasteiger partial charge is 0.369 e. The van der Waals surface area contributed by atoms with E-state index in [0.29, 0.717) is 16.7 Å². The molecule has 2 fully saturated rings. The number of benzene rings is 2. The molecule has 37 heavy (non-hydrogen) atoms. The van der Waals surface area contributed by atoms with Gasteiger partial charge in [0.25, 0.3) is 5.91 Å². The van der Waals surface area contributed by atoms with Gasteiger partial charge in [-0.1, -0.05) is 24.3 Å². The number of carbonyl (C=O) groups is 3. The van der Waals surface area contributed by atoms with Crippen LogP contribution in [0.1, 0.15) is 45.9 Å². The van der Waals surface area contributed by atoms with E-state index < -0.39 is 24.2 Å². The number of piperidine rings is 1. The van der Waals surface area contributed by atoms with Gasteiger partial charge in [0, 0.05) is 56.9 Å². The Balaban J connectivity index is 1.32. The lowest BCUT2D eigenvalue weighted by Crippen LogP contribution is -2.52. The topological polar surface area (TPSA) is 93.8 Å². The van der Waals surface area contributed by atoms with Crippen molar-refractivity contribution in [1.82, 2.24) is 20.9 Å². The number of nitrogens with zero attached hydrogens (tertiary/aromatic N) is 2. The number of alkyl halides is 3. The van der Waals surface area contributed by atoms with Crippen molar-refractivity contribution in [3.63, 3.8) is 0 Å². The maximum Gasteiger partial charge on any atom is 0.407 e. The Hall–Kier alpha value is -3.44. The van der Waals surface area contributed by atoms with Crippen molar-refractivity contribution in [3.8, 4) is 0 Å². The number of rotatable bonds is 6. The van der Waals surface area contributed by atoms with E-state index in [0.717, 1.165) is 31.9 Å². The third-order valence-corrected chi connectivity index (χ3v) is 7.21. The fourth-order valence-electron chi connectivity index (χ4n) is 5.25. The normalized spacial score (nSPS) is 21.2. The zero-order valence-corrected chi connectivity index (χ0v) is 20.1. The van der Waals surface area contributed by atoms with Crippen LogP contribution in [0.25, 0.3) is 0 Å². The predicted molar refractivity (Wildman–Crippen MR) is 130 cm³/mol. The van der Waals surface area contributed by atoms with Crippen molar-refractivity contribution in [2.75, 3.05) is 31.1 Å². The maximum absolute atomic E-state index is 14.1. The zero-order valence-electron chi connectivity index (χ0n) is 20.1. The molecule has 2 unspecified atom stereocenters. The van der Waals surface area contributed by atoms with Crippen LogP contribution in [0.15, 0.2) is 42.5 Å². The summed E-state index contributed by atoms with van der Waals surface area (Å²) in [5.74, 6) is -1.27. The van der Waals surface area contributed by atoms with Crippen molar-refractivity contribution in [3.05, 3.63) is 64.7 Å². The number of nitrogens with one attached hydrogen (secondary N) is 3. The molecule has 3 N–H and O–H groups in total. The second-order valence-corrected chi connectivity index (χ2v) is 9.53. The third kappa shape index (κ3) is 5.19. The molecule has 2 saturated heterocycles. The van der Waals surface area contributed by atoms with Gasteiger partial charge >= 0.3 is 6.18 Å². The van der Waals surface area contributed by atoms with E-state index >= 15 is 0 Å². The molecule has 0 bridgehead atoms. The van der Waals surface area contributed by atoms with Crippen LogP contribution in [0, 0.1) is 0 Å². The molecule has 2 aromatic carbocycles. The maximum atomic E-state index is 14.1. The fourth-order valence-corrected chi connectivity index (χ4v) is 5.25. The van der Waals surface area contributed by atoms with E-state index in [1.54, 1.807) is 30.3 Å². The number of hydrogen-bond acceptors (Lipinski definition) is 6. The fraction of sp³-hybridized carbons (Fsp3) is 0.423. The number of imide groups is 1. The molecule has 3 aliphatic heterocycles. The number of amides is 3. The van der Waals surface area contributed by atoms with Gasteiger partial charge in [-0.25, -0.2) is 0 Å². The summed E-state index contributed by atoms with van der Waals surface area (Å²) in [7, 11) is 0. The van der Waals surface area contributed by atoms with Crippen LogP contribution >= 0.6 is 0 Å². The summed E-state index contributed by atoms with van der Waals surface area (Å²) in [6.45, 7) is 3.26. The number of fused-ring (bicyclic) bond motifs is 1. The van der Waals surface area contributed by atoms with Gasteiger partial charge in [-0.3, -0.25) is 25.0 Å². The summed E-state index contributed by atoms with van der Waals surface area (Å²) in [6, 6.07) is 8.72. The molecule has 196 valence electrons. The Morgan fingerprint density at radius 1 is 1.03 bits per heavy atom. The predicted octanol–water partition coefficient (Wildman–Crippen LogP) is 2.25. The summed E-state index contributed by atoms with van der Waals surface area (Å²) in [5.41, 5.74) is 2.53. The number of halogens is 3. The standard InChI is InChI=1S/C26H28F3N5O3/c27-26(28,29)23(16-4-6-18(7-5-16)33-12-10-30-11-13-33)31-14-17-2-1-3-19-20(17)15-34(25(19)37)21-8-9-22(35)32-24(21)36/h1-7,21,23,30-31H,8-15H2,(H,32,35,36). The second kappa shape index (κ2) is 10.1. The Morgan fingerprint density at radius 2 is 1.76 bits per heavy atom. The van der Waals surface area contributed by atoms with Gasteiger partial charge in [-0.2, -0.15) is 13.2 Å². The quantitative estimate of drug-likeness (QED) is 0.511. The monoisotopic (exact) mass is 515 g/mol. The van der Waals surface area contributed by atoms with E-state index in [4.69, 9.17) is 0 Å². The zero-order chi connectivity index (χ0) is 26.2. The third-order valence-electron chi connectivity index (χ3n) is 7.21. The number of hydrogen-bond donors (Lipinski definition) is 3. The summed E-state index contributed by atoms with van der Waals surface area (Å²) >= 11 is 0. The highest BCUT2D eigenvalue weighted by molar-refractivity contribution is 6.05. The largest absolute Gasteiger partial charge is 0.407 e. The molecule has 8 nitrogen and oxygen atoms in total. The molecule has 0 aliphatic carbocycles. The summed E-state index contributed by atoms with van der Waals surface area (Å²) < 4.78 is 42.2. The van der Waals surface area contributed by atoms with Crippen molar-refractivity contribution >= 4 is 23.4 Å². The van der Waals surface area contributed by atoms with Gasteiger partial charge in [0.1, 0.15) is 12.1 Å². The first kappa shape index (κ1) is 25.2. The van der Waals surface area contributed by atoms with Gasteiger partial charge in [-0.05, 0) is 41.3 Å². The molecule has 0 spiro atoms. The number of anilines is 1. The Bertz CT molecular complexity index is 1190. The Morgan fingerprint density at radius 3 is 2.43 bits per heavy atom. The highest BCUT2D eigenvalue weighted by atomic mass is 19.4. The van der Waals surface area contributed by atoms with Crippen molar-refractivity contribution < 1.29 is 27.6 Å². The lowest BCUT2D eigenvalue weighted by atomic mass is 10.0. The molecule has 2 aromatic rings. The van der Waals surface area contributed by atoms with Crippen LogP contribution in [0.5, 0.6) is 0 Å². The van der Waals surface area contributed by atoms with E-state index in [2.05, 4.69) is 20.9 Å². The van der Waals surface area contributed by atoms with Crippen LogP contribution in [0.4, 0.5) is 18.9 Å². The number of carbonyl (C=O) groups excluding carboxylic acids is 3. The Kier molecular flexibility index (Phi) is 6.91. The molecule has 2 atom stereocenters. The molecule has 0 radical (unpaired) electrons. The van der Waals surface area contributed by atoms with Crippen LogP contribution in [-0.4, -0.2) is 61.0 Å². The van der Waals surface area contributed by atoms with Crippen LogP contribution in [-0.2, 0) is 22.7 Å². The molecule has 11 heteroatoms. The van der Waals surface area contributed by atoms with Crippen LogP contribution in [0.3, 0.4) is 0 Å². The molecule has 0 aromatic heterocycles. The minimum atomic E-state index is -4.52. The van der Waals surface area contributed by atoms with Gasteiger partial charge in [0.05, 0.1) is 0 Å². The van der Waals surface area contributed by atoms with E-state index in [-0.39, 0.29) is 43.3 Å². The van der Waals surface area contributed by atoms with Gasteiger partial charge < -0.3 is 15.1 Å². The van der Waals surface area contributed by atoms with E-state index in [1.807, 2.05) is 0 Å². The molecular formula is C26H28F3N5O3. The van der Waals surface area contributed by atoms with Crippen molar-refractivity contribution in [2.45, 2.75) is 44.2 Å². The average molecular weight is 516 g/mol. The lowest BCUT2D eigenvalue weighted by Gasteiger charge is -2.30. The van der Waals surface area contributed by atoms with Crippen molar-refractivity contribution in [1.29, 1.82) is 0 Å². The summed E-state index contributed by atoms with van der Waals surface area (Å²) in [4.78, 5) is 40.3. The van der Waals surface area contributed by atoms with Gasteiger partial charge in [-0.15, -0.1) is 0 Å². The molecule has 5 rings (SSSR count). The molecular weight excluding hydrogens is 487 g/mol. The number of piperazine rings is 1. The minimum absolute atomic E-state index is 0.106. The van der Waals surface area contributed by atoms with Crippen molar-refractivity contribution in [2.24, 2.45) is 0 Å². The SMILES string of the molecule is O=C1CCC(N2Cc3c(CNC(c4ccc(N5CCNCC5)cc4)C(F)(F)F)cccc3C2=O)C(=O)N1. The van der Waals surface area contributed by atoms with Gasteiger partial charge in [0.2, 0.25) is 11.8 Å². The highest BCUT2D eigenvalue weighted by Gasteiger charge is 2.42. The van der Waals surface area contributed by atoms with E-state index in [1.165, 1.54) is 17.0 Å². The summed E-state index contributed by atoms with van der Waals surface area (Å²) in [5, 5.41) is 8.15. The molecule has 3 amide bonds. The average Bonchev–Trinajstić information content (AvgIpc) is 3.21. The first-order valence-corrected chi connectivity index (χ1v) is 12.3. The second-order valence-electron chi connectivity index (χ2n) is 9.53.